The summed E-state index contributed by atoms with van der Waals surface area (Å²) in [5.74, 6) is 0.560. The minimum Gasteiger partial charge on any atom is -0.460 e. The van der Waals surface area contributed by atoms with Gasteiger partial charge in [0.25, 0.3) is 5.56 Å². The van der Waals surface area contributed by atoms with Gasteiger partial charge in [0.1, 0.15) is 24.4 Å². The Morgan fingerprint density at radius 1 is 1.19 bits per heavy atom. The van der Waals surface area contributed by atoms with Crippen LogP contribution in [0.15, 0.2) is 53.3 Å². The normalized spacial score (nSPS) is 12.1. The van der Waals surface area contributed by atoms with Gasteiger partial charge in [0.2, 0.25) is 0 Å². The maximum Gasteiger partial charge on any atom is 0.319 e. The Hall–Kier alpha value is -2.67. The van der Waals surface area contributed by atoms with E-state index in [9.17, 15) is 14.0 Å². The molecule has 1 unspecified atom stereocenters. The first-order valence-corrected chi connectivity index (χ1v) is 9.51. The maximum atomic E-state index is 12.5. The van der Waals surface area contributed by atoms with E-state index in [-0.39, 0.29) is 18.1 Å². The number of alkyl halides is 1. The van der Waals surface area contributed by atoms with Gasteiger partial charge < -0.3 is 9.72 Å². The molecule has 1 heterocycles. The average Bonchev–Trinajstić information content (AvgIpc) is 2.70. The summed E-state index contributed by atoms with van der Waals surface area (Å²) in [6.45, 7) is 1.37. The Kier molecular flexibility index (Phi) is 6.24. The number of H-pyrrole nitrogens is 1. The quantitative estimate of drug-likeness (QED) is 0.626. The number of hydrogen-bond donors (Lipinski definition) is 1. The number of nitrogens with zero attached hydrogens (tertiary/aromatic N) is 1. The number of rotatable bonds is 7. The molecule has 0 amide bonds. The molecule has 0 fully saturated rings. The minimum atomic E-state index is -0.515. The summed E-state index contributed by atoms with van der Waals surface area (Å²) in [4.78, 5) is 31.4. The van der Waals surface area contributed by atoms with Crippen molar-refractivity contribution in [3.63, 3.8) is 0 Å². The SMILES string of the molecule is CC(SCc1nc2ccccc2c(=O)[nH]1)C(=O)OCc1ccc(CF)cc1. The summed E-state index contributed by atoms with van der Waals surface area (Å²) in [6.07, 6.45) is 0. The van der Waals surface area contributed by atoms with E-state index in [1.165, 1.54) is 11.8 Å². The predicted octanol–water partition coefficient (Wildman–Crippen LogP) is 3.76. The highest BCUT2D eigenvalue weighted by atomic mass is 32.2. The second-order valence-corrected chi connectivity index (χ2v) is 7.37. The van der Waals surface area contributed by atoms with Gasteiger partial charge in [-0.1, -0.05) is 36.4 Å². The second-order valence-electron chi connectivity index (χ2n) is 6.04. The number of carbonyl (C=O) groups is 1. The third-order valence-electron chi connectivity index (χ3n) is 4.02. The third kappa shape index (κ3) is 4.95. The van der Waals surface area contributed by atoms with Gasteiger partial charge >= 0.3 is 5.97 Å². The second kappa shape index (κ2) is 8.81. The molecule has 2 aromatic carbocycles. The van der Waals surface area contributed by atoms with Crippen LogP contribution in [-0.2, 0) is 28.6 Å². The highest BCUT2D eigenvalue weighted by molar-refractivity contribution is 7.99. The molecule has 0 saturated carbocycles. The molecule has 0 spiro atoms. The molecule has 0 saturated heterocycles. The molecule has 5 nitrogen and oxygen atoms in total. The van der Waals surface area contributed by atoms with Crippen molar-refractivity contribution < 1.29 is 13.9 Å². The van der Waals surface area contributed by atoms with Crippen molar-refractivity contribution in [3.8, 4) is 0 Å². The van der Waals surface area contributed by atoms with Crippen LogP contribution in [0, 0.1) is 0 Å². The van der Waals surface area contributed by atoms with Gasteiger partial charge in [-0.15, -0.1) is 11.8 Å². The Balaban J connectivity index is 1.54. The number of hydrogen-bond acceptors (Lipinski definition) is 5. The molecule has 3 rings (SSSR count). The maximum absolute atomic E-state index is 12.5. The lowest BCUT2D eigenvalue weighted by molar-refractivity contribution is -0.143. The first kappa shape index (κ1) is 19.1. The minimum absolute atomic E-state index is 0.140. The number of aromatic nitrogens is 2. The summed E-state index contributed by atoms with van der Waals surface area (Å²) in [5.41, 5.74) is 1.83. The van der Waals surface area contributed by atoms with E-state index in [0.29, 0.717) is 28.0 Å². The number of benzene rings is 2. The zero-order valence-electron chi connectivity index (χ0n) is 14.8. The smallest absolute Gasteiger partial charge is 0.319 e. The Bertz CT molecular complexity index is 988. The molecule has 27 heavy (non-hydrogen) atoms. The van der Waals surface area contributed by atoms with Crippen LogP contribution in [0.5, 0.6) is 0 Å². The van der Waals surface area contributed by atoms with Crippen molar-refractivity contribution >= 4 is 28.6 Å². The third-order valence-corrected chi connectivity index (χ3v) is 5.15. The topological polar surface area (TPSA) is 72.0 Å². The van der Waals surface area contributed by atoms with Crippen LogP contribution in [0.2, 0.25) is 0 Å². The van der Waals surface area contributed by atoms with E-state index >= 15 is 0 Å². The number of aromatic amines is 1. The first-order valence-electron chi connectivity index (χ1n) is 8.47. The molecule has 1 atom stereocenters. The first-order chi connectivity index (χ1) is 13.1. The molecule has 0 aliphatic rings. The molecule has 1 N–H and O–H groups in total. The van der Waals surface area contributed by atoms with Crippen molar-refractivity contribution in [1.82, 2.24) is 9.97 Å². The van der Waals surface area contributed by atoms with Crippen molar-refractivity contribution in [2.45, 2.75) is 31.2 Å². The number of para-hydroxylation sites is 1. The molecular weight excluding hydrogens is 367 g/mol. The summed E-state index contributed by atoms with van der Waals surface area (Å²) in [6, 6.07) is 13.9. The number of nitrogens with one attached hydrogen (secondary N) is 1. The lowest BCUT2D eigenvalue weighted by Gasteiger charge is -2.11. The van der Waals surface area contributed by atoms with E-state index in [1.807, 2.05) is 6.07 Å². The summed E-state index contributed by atoms with van der Waals surface area (Å²) in [7, 11) is 0. The van der Waals surface area contributed by atoms with Crippen molar-refractivity contribution in [1.29, 1.82) is 0 Å². The van der Waals surface area contributed by atoms with Gasteiger partial charge in [0.05, 0.1) is 16.7 Å². The van der Waals surface area contributed by atoms with Crippen molar-refractivity contribution in [3.05, 3.63) is 75.8 Å². The van der Waals surface area contributed by atoms with Gasteiger partial charge in [-0.2, -0.15) is 0 Å². The number of esters is 1. The van der Waals surface area contributed by atoms with Crippen LogP contribution >= 0.6 is 11.8 Å². The summed E-state index contributed by atoms with van der Waals surface area (Å²) in [5, 5.41) is 0.129. The lowest BCUT2D eigenvalue weighted by atomic mass is 10.1. The Labute approximate surface area is 160 Å². The Morgan fingerprint density at radius 2 is 1.89 bits per heavy atom. The molecule has 7 heteroatoms. The van der Waals surface area contributed by atoms with Gasteiger partial charge in [0, 0.05) is 0 Å². The molecule has 0 radical (unpaired) electrons. The van der Waals surface area contributed by atoms with Crippen LogP contribution in [0.25, 0.3) is 10.9 Å². The van der Waals surface area contributed by atoms with Gasteiger partial charge in [0.15, 0.2) is 0 Å². The van der Waals surface area contributed by atoms with Gasteiger partial charge in [-0.05, 0) is 30.2 Å². The zero-order chi connectivity index (χ0) is 19.2. The van der Waals surface area contributed by atoms with Crippen LogP contribution in [-0.4, -0.2) is 21.2 Å². The molecule has 1 aromatic heterocycles. The van der Waals surface area contributed by atoms with Crippen LogP contribution in [0.4, 0.5) is 4.39 Å². The average molecular weight is 386 g/mol. The molecule has 0 aliphatic carbocycles. The predicted molar refractivity (Wildman–Crippen MR) is 104 cm³/mol. The van der Waals surface area contributed by atoms with E-state index in [0.717, 1.165) is 5.56 Å². The fourth-order valence-electron chi connectivity index (χ4n) is 2.47. The standard InChI is InChI=1S/C20H19FN2O3S/c1-13(20(25)26-11-15-8-6-14(10-21)7-9-15)27-12-18-22-17-5-3-2-4-16(17)19(24)23-18/h2-9,13H,10-12H2,1H3,(H,22,23,24). The monoisotopic (exact) mass is 386 g/mol. The van der Waals surface area contributed by atoms with Crippen LogP contribution in [0.1, 0.15) is 23.9 Å². The molecule has 0 bridgehead atoms. The highest BCUT2D eigenvalue weighted by Gasteiger charge is 2.16. The van der Waals surface area contributed by atoms with Crippen LogP contribution in [0.3, 0.4) is 0 Å². The molecule has 0 aliphatic heterocycles. The van der Waals surface area contributed by atoms with Crippen molar-refractivity contribution in [2.75, 3.05) is 0 Å². The van der Waals surface area contributed by atoms with E-state index < -0.39 is 11.9 Å². The zero-order valence-corrected chi connectivity index (χ0v) is 15.6. The van der Waals surface area contributed by atoms with Gasteiger partial charge in [-0.25, -0.2) is 9.37 Å². The van der Waals surface area contributed by atoms with E-state index in [4.69, 9.17) is 4.74 Å². The molecule has 140 valence electrons. The Morgan fingerprint density at radius 3 is 2.63 bits per heavy atom. The van der Waals surface area contributed by atoms with Crippen molar-refractivity contribution in [2.24, 2.45) is 0 Å². The van der Waals surface area contributed by atoms with E-state index in [1.54, 1.807) is 49.4 Å². The highest BCUT2D eigenvalue weighted by Crippen LogP contribution is 2.18. The fraction of sp³-hybridized carbons (Fsp3) is 0.250. The number of carbonyl (C=O) groups excluding carboxylic acids is 1. The molecular formula is C20H19FN2O3S. The number of ether oxygens (including phenoxy) is 1. The van der Waals surface area contributed by atoms with E-state index in [2.05, 4.69) is 9.97 Å². The fourth-order valence-corrected chi connectivity index (χ4v) is 3.22. The molecule has 3 aromatic rings. The largest absolute Gasteiger partial charge is 0.460 e. The summed E-state index contributed by atoms with van der Waals surface area (Å²) >= 11 is 1.34. The lowest BCUT2D eigenvalue weighted by Crippen LogP contribution is -2.18. The number of halogens is 1. The summed E-state index contributed by atoms with van der Waals surface area (Å²) < 4.78 is 17.8. The van der Waals surface area contributed by atoms with Gasteiger partial charge in [-0.3, -0.25) is 9.59 Å². The number of fused-ring (bicyclic) bond motifs is 1. The number of thioether (sulfide) groups is 1. The van der Waals surface area contributed by atoms with Crippen LogP contribution < -0.4 is 5.56 Å².